The van der Waals surface area contributed by atoms with Gasteiger partial charge in [0.15, 0.2) is 9.84 Å². The highest BCUT2D eigenvalue weighted by Gasteiger charge is 2.35. The van der Waals surface area contributed by atoms with E-state index in [0.717, 1.165) is 25.3 Å². The molecular weight excluding hydrogens is 214 g/mol. The van der Waals surface area contributed by atoms with Crippen LogP contribution in [0.3, 0.4) is 0 Å². The van der Waals surface area contributed by atoms with E-state index in [4.69, 9.17) is 4.74 Å². The summed E-state index contributed by atoms with van der Waals surface area (Å²) in [5.74, 6) is 1.27. The van der Waals surface area contributed by atoms with E-state index in [9.17, 15) is 8.42 Å². The van der Waals surface area contributed by atoms with Gasteiger partial charge in [-0.15, -0.1) is 0 Å². The van der Waals surface area contributed by atoms with E-state index >= 15 is 0 Å². The average Bonchev–Trinajstić information content (AvgIpc) is 2.42. The van der Waals surface area contributed by atoms with Crippen LogP contribution in [0.4, 0.5) is 0 Å². The van der Waals surface area contributed by atoms with Crippen molar-refractivity contribution >= 4 is 9.84 Å². The third-order valence-corrected chi connectivity index (χ3v) is 5.00. The van der Waals surface area contributed by atoms with Crippen molar-refractivity contribution in [1.29, 1.82) is 0 Å². The molecule has 0 aromatic rings. The Bertz CT molecular complexity index is 309. The molecule has 4 nitrogen and oxygen atoms in total. The van der Waals surface area contributed by atoms with Gasteiger partial charge in [-0.2, -0.15) is 0 Å². The van der Waals surface area contributed by atoms with Gasteiger partial charge in [0.05, 0.1) is 23.7 Å². The van der Waals surface area contributed by atoms with Crippen molar-refractivity contribution < 1.29 is 13.2 Å². The lowest BCUT2D eigenvalue weighted by atomic mass is 9.82. The average molecular weight is 233 g/mol. The molecular formula is C10H19NO3S. The zero-order valence-electron chi connectivity index (χ0n) is 9.11. The van der Waals surface area contributed by atoms with E-state index in [1.807, 2.05) is 7.05 Å². The summed E-state index contributed by atoms with van der Waals surface area (Å²) in [6.45, 7) is 1.04. The zero-order chi connectivity index (χ0) is 10.9. The van der Waals surface area contributed by atoms with Crippen molar-refractivity contribution in [1.82, 2.24) is 5.32 Å². The summed E-state index contributed by atoms with van der Waals surface area (Å²) >= 11 is 0. The molecule has 2 rings (SSSR count). The van der Waals surface area contributed by atoms with Crippen LogP contribution in [-0.2, 0) is 14.6 Å². The summed E-state index contributed by atoms with van der Waals surface area (Å²) in [4.78, 5) is 0. The molecule has 1 N–H and O–H groups in total. The Morgan fingerprint density at radius 2 is 2.07 bits per heavy atom. The maximum atomic E-state index is 11.2. The van der Waals surface area contributed by atoms with Gasteiger partial charge >= 0.3 is 0 Å². The second-order valence-electron chi connectivity index (χ2n) is 4.68. The number of rotatable bonds is 4. The SMILES string of the molecule is CNCC1CC(OC2CCS(=O)(=O)C2)C1. The Kier molecular flexibility index (Phi) is 3.33. The maximum absolute atomic E-state index is 11.2. The summed E-state index contributed by atoms with van der Waals surface area (Å²) in [5, 5.41) is 3.15. The van der Waals surface area contributed by atoms with Crippen LogP contribution >= 0.6 is 0 Å². The van der Waals surface area contributed by atoms with Crippen LogP contribution in [-0.4, -0.2) is 45.7 Å². The van der Waals surface area contributed by atoms with Gasteiger partial charge in [-0.3, -0.25) is 0 Å². The van der Waals surface area contributed by atoms with Gasteiger partial charge < -0.3 is 10.1 Å². The first-order valence-corrected chi connectivity index (χ1v) is 7.41. The van der Waals surface area contributed by atoms with Crippen LogP contribution in [0.5, 0.6) is 0 Å². The standard InChI is InChI=1S/C10H19NO3S/c1-11-6-8-4-10(5-8)14-9-2-3-15(12,13)7-9/h8-11H,2-7H2,1H3. The van der Waals surface area contributed by atoms with Crippen molar-refractivity contribution in [2.24, 2.45) is 5.92 Å². The first-order valence-electron chi connectivity index (χ1n) is 5.59. The number of nitrogens with one attached hydrogen (secondary N) is 1. The second-order valence-corrected chi connectivity index (χ2v) is 6.91. The molecule has 0 aromatic heterocycles. The Morgan fingerprint density at radius 3 is 2.60 bits per heavy atom. The predicted molar refractivity (Wildman–Crippen MR) is 58.6 cm³/mol. The second kappa shape index (κ2) is 4.39. The molecule has 0 bridgehead atoms. The fraction of sp³-hybridized carbons (Fsp3) is 1.00. The van der Waals surface area contributed by atoms with Gasteiger partial charge in [-0.25, -0.2) is 8.42 Å². The molecule has 5 heteroatoms. The fourth-order valence-corrected chi connectivity index (χ4v) is 3.98. The van der Waals surface area contributed by atoms with E-state index in [-0.39, 0.29) is 11.9 Å². The maximum Gasteiger partial charge on any atom is 0.152 e. The van der Waals surface area contributed by atoms with Gasteiger partial charge in [-0.1, -0.05) is 0 Å². The Balaban J connectivity index is 1.68. The smallest absolute Gasteiger partial charge is 0.152 e. The molecule has 0 radical (unpaired) electrons. The lowest BCUT2D eigenvalue weighted by Gasteiger charge is -2.36. The minimum Gasteiger partial charge on any atom is -0.374 e. The van der Waals surface area contributed by atoms with Gasteiger partial charge in [0, 0.05) is 0 Å². The molecule has 1 aliphatic carbocycles. The van der Waals surface area contributed by atoms with Gasteiger partial charge in [0.25, 0.3) is 0 Å². The molecule has 1 unspecified atom stereocenters. The molecule has 2 aliphatic rings. The highest BCUT2D eigenvalue weighted by atomic mass is 32.2. The van der Waals surface area contributed by atoms with E-state index < -0.39 is 9.84 Å². The number of hydrogen-bond donors (Lipinski definition) is 1. The minimum absolute atomic E-state index is 0.0319. The summed E-state index contributed by atoms with van der Waals surface area (Å²) in [5.41, 5.74) is 0. The third kappa shape index (κ3) is 2.92. The van der Waals surface area contributed by atoms with Crippen molar-refractivity contribution in [2.45, 2.75) is 31.5 Å². The Labute approximate surface area is 91.3 Å². The molecule has 0 amide bonds. The number of sulfone groups is 1. The fourth-order valence-electron chi connectivity index (χ4n) is 2.38. The van der Waals surface area contributed by atoms with Crippen molar-refractivity contribution in [3.8, 4) is 0 Å². The first-order chi connectivity index (χ1) is 7.09. The summed E-state index contributed by atoms with van der Waals surface area (Å²) in [6, 6.07) is 0. The largest absolute Gasteiger partial charge is 0.374 e. The van der Waals surface area contributed by atoms with Crippen LogP contribution in [0.25, 0.3) is 0 Å². The summed E-state index contributed by atoms with van der Waals surface area (Å²) < 4.78 is 28.2. The zero-order valence-corrected chi connectivity index (χ0v) is 9.92. The highest BCUT2D eigenvalue weighted by molar-refractivity contribution is 7.91. The van der Waals surface area contributed by atoms with Crippen LogP contribution < -0.4 is 5.32 Å². The number of hydrogen-bond acceptors (Lipinski definition) is 4. The Morgan fingerprint density at radius 1 is 1.33 bits per heavy atom. The molecule has 1 aliphatic heterocycles. The summed E-state index contributed by atoms with van der Waals surface area (Å²) in [7, 11) is -0.830. The van der Waals surface area contributed by atoms with Crippen LogP contribution in [0, 0.1) is 5.92 Å². The molecule has 88 valence electrons. The molecule has 1 heterocycles. The monoisotopic (exact) mass is 233 g/mol. The molecule has 0 spiro atoms. The third-order valence-electron chi connectivity index (χ3n) is 3.26. The number of ether oxygens (including phenoxy) is 1. The highest BCUT2D eigenvalue weighted by Crippen LogP contribution is 2.32. The molecule has 0 aromatic carbocycles. The van der Waals surface area contributed by atoms with E-state index in [1.54, 1.807) is 0 Å². The Hall–Kier alpha value is -0.130. The lowest BCUT2D eigenvalue weighted by Crippen LogP contribution is -2.39. The molecule has 1 atom stereocenters. The minimum atomic E-state index is -2.79. The van der Waals surface area contributed by atoms with Gasteiger partial charge in [-0.05, 0) is 38.8 Å². The molecule has 15 heavy (non-hydrogen) atoms. The van der Waals surface area contributed by atoms with Crippen LogP contribution in [0.1, 0.15) is 19.3 Å². The van der Waals surface area contributed by atoms with Crippen molar-refractivity contribution in [3.05, 3.63) is 0 Å². The van der Waals surface area contributed by atoms with Crippen molar-refractivity contribution in [3.63, 3.8) is 0 Å². The quantitative estimate of drug-likeness (QED) is 0.753. The van der Waals surface area contributed by atoms with Crippen LogP contribution in [0.2, 0.25) is 0 Å². The first kappa shape index (κ1) is 11.4. The van der Waals surface area contributed by atoms with E-state index in [2.05, 4.69) is 5.32 Å². The predicted octanol–water partition coefficient (Wildman–Crippen LogP) is 0.188. The van der Waals surface area contributed by atoms with E-state index in [0.29, 0.717) is 18.3 Å². The van der Waals surface area contributed by atoms with E-state index in [1.165, 1.54) is 0 Å². The lowest BCUT2D eigenvalue weighted by molar-refractivity contribution is -0.0647. The molecule has 1 saturated heterocycles. The topological polar surface area (TPSA) is 55.4 Å². The summed E-state index contributed by atoms with van der Waals surface area (Å²) in [6.07, 6.45) is 3.13. The molecule has 2 fully saturated rings. The normalized spacial score (nSPS) is 38.9. The van der Waals surface area contributed by atoms with Gasteiger partial charge in [0.2, 0.25) is 0 Å². The van der Waals surface area contributed by atoms with Crippen LogP contribution in [0.15, 0.2) is 0 Å². The molecule has 1 saturated carbocycles. The van der Waals surface area contributed by atoms with Crippen molar-refractivity contribution in [2.75, 3.05) is 25.1 Å². The van der Waals surface area contributed by atoms with Gasteiger partial charge in [0.1, 0.15) is 0 Å².